The van der Waals surface area contributed by atoms with Gasteiger partial charge < -0.3 is 5.32 Å². The molecule has 0 heterocycles. The minimum atomic E-state index is -0.0983. The molecule has 0 bridgehead atoms. The first-order valence-corrected chi connectivity index (χ1v) is 7.81. The first kappa shape index (κ1) is 15.3. The summed E-state index contributed by atoms with van der Waals surface area (Å²) in [7, 11) is 0. The van der Waals surface area contributed by atoms with Crippen LogP contribution in [0.2, 0.25) is 0 Å². The number of rotatable bonds is 4. The van der Waals surface area contributed by atoms with E-state index >= 15 is 0 Å². The smallest absolute Gasteiger partial charge is 0.256 e. The molecular weight excluding hydrogens is 280 g/mol. The molecule has 108 valence electrons. The quantitative estimate of drug-likeness (QED) is 0.661. The van der Waals surface area contributed by atoms with Crippen LogP contribution in [0, 0.1) is 13.8 Å². The molecule has 1 amide bonds. The highest BCUT2D eigenvalue weighted by Gasteiger charge is 2.13. The lowest BCUT2D eigenvalue weighted by Crippen LogP contribution is -2.15. The van der Waals surface area contributed by atoms with E-state index in [1.54, 1.807) is 11.8 Å². The zero-order chi connectivity index (χ0) is 15.4. The van der Waals surface area contributed by atoms with Crippen LogP contribution in [-0.4, -0.2) is 18.9 Å². The molecule has 0 saturated carbocycles. The second-order valence-corrected chi connectivity index (χ2v) is 5.68. The Labute approximate surface area is 129 Å². The van der Waals surface area contributed by atoms with Crippen molar-refractivity contribution in [3.8, 4) is 0 Å². The van der Waals surface area contributed by atoms with Crippen molar-refractivity contribution in [2.75, 3.05) is 11.6 Å². The highest BCUT2D eigenvalue weighted by Crippen LogP contribution is 2.24. The molecule has 0 spiro atoms. The number of aliphatic imine (C=N–C) groups is 1. The van der Waals surface area contributed by atoms with E-state index in [0.717, 1.165) is 27.4 Å². The van der Waals surface area contributed by atoms with Crippen molar-refractivity contribution in [1.29, 1.82) is 0 Å². The lowest BCUT2D eigenvalue weighted by Gasteiger charge is -2.12. The fourth-order valence-electron chi connectivity index (χ4n) is 2.28. The van der Waals surface area contributed by atoms with Gasteiger partial charge in [-0.15, -0.1) is 11.8 Å². The van der Waals surface area contributed by atoms with Crippen molar-refractivity contribution in [2.45, 2.75) is 18.7 Å². The topological polar surface area (TPSA) is 41.5 Å². The van der Waals surface area contributed by atoms with Crippen LogP contribution in [-0.2, 0) is 0 Å². The van der Waals surface area contributed by atoms with Crippen LogP contribution in [0.3, 0.4) is 0 Å². The van der Waals surface area contributed by atoms with Crippen molar-refractivity contribution in [3.05, 3.63) is 53.1 Å². The van der Waals surface area contributed by atoms with Crippen molar-refractivity contribution in [1.82, 2.24) is 0 Å². The average molecular weight is 298 g/mol. The van der Waals surface area contributed by atoms with E-state index in [1.807, 2.05) is 56.5 Å². The number of carbonyl (C=O) groups excluding carboxylic acids is 1. The van der Waals surface area contributed by atoms with E-state index in [2.05, 4.69) is 17.0 Å². The van der Waals surface area contributed by atoms with Gasteiger partial charge in [-0.05, 0) is 68.3 Å². The van der Waals surface area contributed by atoms with Crippen LogP contribution >= 0.6 is 11.8 Å². The molecule has 21 heavy (non-hydrogen) atoms. The molecule has 1 N–H and O–H groups in total. The van der Waals surface area contributed by atoms with Crippen LogP contribution in [0.5, 0.6) is 0 Å². The number of benzene rings is 2. The van der Waals surface area contributed by atoms with Gasteiger partial charge in [0.25, 0.3) is 5.91 Å². The molecule has 2 aromatic rings. The number of hydrogen-bond acceptors (Lipinski definition) is 3. The predicted molar refractivity (Wildman–Crippen MR) is 91.3 cm³/mol. The third-order valence-corrected chi connectivity index (χ3v) is 3.98. The van der Waals surface area contributed by atoms with Gasteiger partial charge in [-0.3, -0.25) is 9.79 Å². The Morgan fingerprint density at radius 3 is 2.43 bits per heavy atom. The Balaban J connectivity index is 2.30. The fourth-order valence-corrected chi connectivity index (χ4v) is 2.74. The number of nitrogens with zero attached hydrogens (tertiary/aromatic N) is 1. The molecular formula is C17H18N2OS. The highest BCUT2D eigenvalue weighted by atomic mass is 32.2. The van der Waals surface area contributed by atoms with Gasteiger partial charge >= 0.3 is 0 Å². The Morgan fingerprint density at radius 1 is 1.19 bits per heavy atom. The Kier molecular flexibility index (Phi) is 4.81. The molecule has 0 aromatic heterocycles. The molecule has 0 unspecified atom stereocenters. The van der Waals surface area contributed by atoms with Gasteiger partial charge in [-0.25, -0.2) is 0 Å². The van der Waals surface area contributed by atoms with E-state index in [1.165, 1.54) is 0 Å². The minimum absolute atomic E-state index is 0.0983. The molecule has 0 radical (unpaired) electrons. The normalized spacial score (nSPS) is 10.2. The van der Waals surface area contributed by atoms with Crippen molar-refractivity contribution < 1.29 is 4.79 Å². The molecule has 0 saturated heterocycles. The summed E-state index contributed by atoms with van der Waals surface area (Å²) >= 11 is 1.65. The van der Waals surface area contributed by atoms with E-state index in [9.17, 15) is 4.79 Å². The van der Waals surface area contributed by atoms with Gasteiger partial charge in [0.15, 0.2) is 0 Å². The number of amides is 1. The molecule has 4 heteroatoms. The standard InChI is InChI=1S/C17H18N2OS/c1-11-8-14(18-3)9-12(2)16(11)17(20)19-13-6-5-7-15(10-13)21-4/h5-10H,3H2,1-2,4H3,(H,19,20). The van der Waals surface area contributed by atoms with Crippen molar-refractivity contribution in [2.24, 2.45) is 4.99 Å². The summed E-state index contributed by atoms with van der Waals surface area (Å²) < 4.78 is 0. The van der Waals surface area contributed by atoms with Gasteiger partial charge in [0.05, 0.1) is 5.69 Å². The van der Waals surface area contributed by atoms with E-state index < -0.39 is 0 Å². The summed E-state index contributed by atoms with van der Waals surface area (Å²) in [5.41, 5.74) is 4.08. The number of aryl methyl sites for hydroxylation is 2. The zero-order valence-corrected chi connectivity index (χ0v) is 13.3. The van der Waals surface area contributed by atoms with Crippen LogP contribution in [0.1, 0.15) is 21.5 Å². The molecule has 3 nitrogen and oxygen atoms in total. The zero-order valence-electron chi connectivity index (χ0n) is 12.4. The number of thioether (sulfide) groups is 1. The predicted octanol–water partition coefficient (Wildman–Crippen LogP) is 4.61. The minimum Gasteiger partial charge on any atom is -0.322 e. The van der Waals surface area contributed by atoms with E-state index in [0.29, 0.717) is 5.56 Å². The number of carbonyl (C=O) groups is 1. The lowest BCUT2D eigenvalue weighted by molar-refractivity contribution is 0.102. The largest absolute Gasteiger partial charge is 0.322 e. The summed E-state index contributed by atoms with van der Waals surface area (Å²) in [5, 5.41) is 2.95. The molecule has 0 aliphatic carbocycles. The fraction of sp³-hybridized carbons (Fsp3) is 0.176. The number of anilines is 1. The van der Waals surface area contributed by atoms with Crippen molar-refractivity contribution >= 4 is 35.8 Å². The summed E-state index contributed by atoms with van der Waals surface area (Å²) in [6.07, 6.45) is 2.01. The van der Waals surface area contributed by atoms with Crippen molar-refractivity contribution in [3.63, 3.8) is 0 Å². The number of hydrogen-bond donors (Lipinski definition) is 1. The maximum atomic E-state index is 12.5. The molecule has 2 aromatic carbocycles. The Morgan fingerprint density at radius 2 is 1.86 bits per heavy atom. The summed E-state index contributed by atoms with van der Waals surface area (Å²) in [5.74, 6) is -0.0983. The molecule has 0 fully saturated rings. The number of nitrogens with one attached hydrogen (secondary N) is 1. The van der Waals surface area contributed by atoms with Gasteiger partial charge in [0.2, 0.25) is 0 Å². The van der Waals surface area contributed by atoms with Gasteiger partial charge in [0.1, 0.15) is 0 Å². The van der Waals surface area contributed by atoms with Crippen LogP contribution < -0.4 is 5.32 Å². The molecule has 0 aliphatic rings. The third kappa shape index (κ3) is 3.52. The highest BCUT2D eigenvalue weighted by molar-refractivity contribution is 7.98. The summed E-state index contributed by atoms with van der Waals surface area (Å²) in [6, 6.07) is 11.5. The van der Waals surface area contributed by atoms with Gasteiger partial charge in [0, 0.05) is 16.1 Å². The second-order valence-electron chi connectivity index (χ2n) is 4.80. The second kappa shape index (κ2) is 6.59. The van der Waals surface area contributed by atoms with Gasteiger partial charge in [-0.2, -0.15) is 0 Å². The monoisotopic (exact) mass is 298 g/mol. The van der Waals surface area contributed by atoms with E-state index in [-0.39, 0.29) is 5.91 Å². The first-order valence-electron chi connectivity index (χ1n) is 6.58. The summed E-state index contributed by atoms with van der Waals surface area (Å²) in [6.45, 7) is 7.34. The van der Waals surface area contributed by atoms with Crippen LogP contribution in [0.4, 0.5) is 11.4 Å². The van der Waals surface area contributed by atoms with E-state index in [4.69, 9.17) is 0 Å². The molecule has 0 atom stereocenters. The van der Waals surface area contributed by atoms with Crippen LogP contribution in [0.25, 0.3) is 0 Å². The maximum absolute atomic E-state index is 12.5. The average Bonchev–Trinajstić information content (AvgIpc) is 2.46. The molecule has 0 aliphatic heterocycles. The molecule has 2 rings (SSSR count). The first-order chi connectivity index (χ1) is 10.0. The Bertz CT molecular complexity index is 672. The third-order valence-electron chi connectivity index (χ3n) is 3.25. The van der Waals surface area contributed by atoms with Gasteiger partial charge in [-0.1, -0.05) is 6.07 Å². The summed E-state index contributed by atoms with van der Waals surface area (Å²) in [4.78, 5) is 17.5. The maximum Gasteiger partial charge on any atom is 0.256 e. The lowest BCUT2D eigenvalue weighted by atomic mass is 10.0. The van der Waals surface area contributed by atoms with Crippen LogP contribution in [0.15, 0.2) is 46.3 Å². The SMILES string of the molecule is C=Nc1cc(C)c(C(=O)Nc2cccc(SC)c2)c(C)c1. The Hall–Kier alpha value is -2.07.